The first-order valence-corrected chi connectivity index (χ1v) is 6.78. The van der Waals surface area contributed by atoms with Crippen LogP contribution < -0.4 is 5.32 Å². The Kier molecular flexibility index (Phi) is 4.10. The summed E-state index contributed by atoms with van der Waals surface area (Å²) in [4.78, 5) is 0. The van der Waals surface area contributed by atoms with E-state index in [0.717, 1.165) is 15.7 Å². The van der Waals surface area contributed by atoms with Gasteiger partial charge in [-0.2, -0.15) is 0 Å². The number of phenolic OH excluding ortho intramolecular Hbond substituents is 1. The Hall–Kier alpha value is -1.55. The molecular weight excluding hydrogens is 309 g/mol. The van der Waals surface area contributed by atoms with Crippen LogP contribution in [0.3, 0.4) is 0 Å². The molecule has 0 aromatic heterocycles. The van der Waals surface area contributed by atoms with Gasteiger partial charge < -0.3 is 10.4 Å². The Morgan fingerprint density at radius 2 is 1.95 bits per heavy atom. The molecule has 2 nitrogen and oxygen atoms in total. The standard InChI is InChI=1S/C15H15BrFNO/c1-9-7-12(4-6-15(9)19)18-10(2)13-5-3-11(16)8-14(13)17/h3-8,10,18-19H,1-2H3. The van der Waals surface area contributed by atoms with Crippen molar-refractivity contribution in [3.8, 4) is 5.75 Å². The van der Waals surface area contributed by atoms with Gasteiger partial charge in [0.25, 0.3) is 0 Å². The lowest BCUT2D eigenvalue weighted by Gasteiger charge is -2.17. The molecule has 0 spiro atoms. The van der Waals surface area contributed by atoms with Crippen LogP contribution >= 0.6 is 15.9 Å². The van der Waals surface area contributed by atoms with E-state index < -0.39 is 0 Å². The number of halogens is 2. The van der Waals surface area contributed by atoms with E-state index in [1.54, 1.807) is 18.2 Å². The van der Waals surface area contributed by atoms with E-state index in [9.17, 15) is 9.50 Å². The van der Waals surface area contributed by atoms with Crippen molar-refractivity contribution < 1.29 is 9.50 Å². The minimum absolute atomic E-state index is 0.156. The number of benzene rings is 2. The van der Waals surface area contributed by atoms with Gasteiger partial charge in [0.2, 0.25) is 0 Å². The van der Waals surface area contributed by atoms with Crippen LogP contribution in [0.25, 0.3) is 0 Å². The Labute approximate surface area is 120 Å². The number of hydrogen-bond acceptors (Lipinski definition) is 2. The van der Waals surface area contributed by atoms with Gasteiger partial charge in [-0.15, -0.1) is 0 Å². The zero-order valence-corrected chi connectivity index (χ0v) is 12.3. The fourth-order valence-electron chi connectivity index (χ4n) is 1.93. The summed E-state index contributed by atoms with van der Waals surface area (Å²) in [6, 6.07) is 10.1. The maximum absolute atomic E-state index is 13.8. The summed E-state index contributed by atoms with van der Waals surface area (Å²) in [5.41, 5.74) is 2.24. The second kappa shape index (κ2) is 5.61. The van der Waals surface area contributed by atoms with Crippen molar-refractivity contribution in [1.29, 1.82) is 0 Å². The van der Waals surface area contributed by atoms with Gasteiger partial charge in [-0.05, 0) is 49.7 Å². The van der Waals surface area contributed by atoms with Crippen LogP contribution in [0.2, 0.25) is 0 Å². The van der Waals surface area contributed by atoms with E-state index in [-0.39, 0.29) is 17.6 Å². The number of hydrogen-bond donors (Lipinski definition) is 2. The van der Waals surface area contributed by atoms with Gasteiger partial charge in [-0.25, -0.2) is 4.39 Å². The molecule has 0 aliphatic rings. The van der Waals surface area contributed by atoms with Gasteiger partial charge in [-0.3, -0.25) is 0 Å². The summed E-state index contributed by atoms with van der Waals surface area (Å²) >= 11 is 3.24. The molecule has 100 valence electrons. The minimum atomic E-state index is -0.245. The molecule has 1 unspecified atom stereocenters. The summed E-state index contributed by atoms with van der Waals surface area (Å²) in [5, 5.41) is 12.7. The van der Waals surface area contributed by atoms with Gasteiger partial charge in [0.1, 0.15) is 11.6 Å². The molecule has 4 heteroatoms. The van der Waals surface area contributed by atoms with Crippen LogP contribution in [-0.2, 0) is 0 Å². The zero-order valence-electron chi connectivity index (χ0n) is 10.7. The molecule has 19 heavy (non-hydrogen) atoms. The van der Waals surface area contributed by atoms with Crippen LogP contribution in [0.1, 0.15) is 24.1 Å². The van der Waals surface area contributed by atoms with Gasteiger partial charge in [-0.1, -0.05) is 22.0 Å². The minimum Gasteiger partial charge on any atom is -0.508 e. The molecule has 0 aliphatic heterocycles. The molecule has 0 aliphatic carbocycles. The monoisotopic (exact) mass is 323 g/mol. The molecule has 0 saturated carbocycles. The molecule has 0 bridgehead atoms. The van der Waals surface area contributed by atoms with Crippen molar-refractivity contribution in [3.05, 3.63) is 57.8 Å². The molecule has 2 N–H and O–H groups in total. The van der Waals surface area contributed by atoms with Crippen LogP contribution in [0.15, 0.2) is 40.9 Å². The van der Waals surface area contributed by atoms with Crippen LogP contribution in [0.4, 0.5) is 10.1 Å². The van der Waals surface area contributed by atoms with Crippen molar-refractivity contribution >= 4 is 21.6 Å². The molecule has 0 saturated heterocycles. The average Bonchev–Trinajstić information content (AvgIpc) is 2.33. The predicted molar refractivity (Wildman–Crippen MR) is 79.0 cm³/mol. The largest absolute Gasteiger partial charge is 0.508 e. The van der Waals surface area contributed by atoms with Gasteiger partial charge >= 0.3 is 0 Å². The molecule has 0 radical (unpaired) electrons. The zero-order chi connectivity index (χ0) is 14.0. The predicted octanol–water partition coefficient (Wildman–Crippen LogP) is 4.78. The Morgan fingerprint density at radius 1 is 1.21 bits per heavy atom. The fraction of sp³-hybridized carbons (Fsp3) is 0.200. The van der Waals surface area contributed by atoms with E-state index in [1.165, 1.54) is 6.07 Å². The summed E-state index contributed by atoms with van der Waals surface area (Å²) in [6.07, 6.45) is 0. The molecule has 2 aromatic carbocycles. The Balaban J connectivity index is 2.20. The van der Waals surface area contributed by atoms with Crippen molar-refractivity contribution in [2.75, 3.05) is 5.32 Å². The highest BCUT2D eigenvalue weighted by Crippen LogP contribution is 2.26. The lowest BCUT2D eigenvalue weighted by molar-refractivity contribution is 0.471. The number of anilines is 1. The fourth-order valence-corrected chi connectivity index (χ4v) is 2.26. The number of nitrogens with one attached hydrogen (secondary N) is 1. The SMILES string of the molecule is Cc1cc(NC(C)c2ccc(Br)cc2F)ccc1O. The first kappa shape index (κ1) is 13.9. The van der Waals surface area contributed by atoms with Gasteiger partial charge in [0, 0.05) is 15.7 Å². The molecule has 0 amide bonds. The average molecular weight is 324 g/mol. The highest BCUT2D eigenvalue weighted by molar-refractivity contribution is 9.10. The van der Waals surface area contributed by atoms with E-state index >= 15 is 0 Å². The van der Waals surface area contributed by atoms with Crippen molar-refractivity contribution in [3.63, 3.8) is 0 Å². The normalized spacial score (nSPS) is 12.2. The summed E-state index contributed by atoms with van der Waals surface area (Å²) in [5.74, 6) is 0.0119. The third-order valence-electron chi connectivity index (χ3n) is 3.01. The highest BCUT2D eigenvalue weighted by Gasteiger charge is 2.11. The van der Waals surface area contributed by atoms with Crippen molar-refractivity contribution in [2.45, 2.75) is 19.9 Å². The summed E-state index contributed by atoms with van der Waals surface area (Å²) in [7, 11) is 0. The van der Waals surface area contributed by atoms with Crippen molar-refractivity contribution in [1.82, 2.24) is 0 Å². The molecular formula is C15H15BrFNO. The maximum atomic E-state index is 13.8. The third-order valence-corrected chi connectivity index (χ3v) is 3.50. The maximum Gasteiger partial charge on any atom is 0.129 e. The Bertz CT molecular complexity index is 601. The number of rotatable bonds is 3. The topological polar surface area (TPSA) is 32.3 Å². The lowest BCUT2D eigenvalue weighted by atomic mass is 10.1. The molecule has 0 heterocycles. The first-order valence-electron chi connectivity index (χ1n) is 5.98. The lowest BCUT2D eigenvalue weighted by Crippen LogP contribution is -2.08. The third kappa shape index (κ3) is 3.26. The van der Waals surface area contributed by atoms with E-state index in [1.807, 2.05) is 26.0 Å². The number of aryl methyl sites for hydroxylation is 1. The van der Waals surface area contributed by atoms with E-state index in [2.05, 4.69) is 21.2 Å². The molecule has 0 fully saturated rings. The highest BCUT2D eigenvalue weighted by atomic mass is 79.9. The van der Waals surface area contributed by atoms with E-state index in [4.69, 9.17) is 0 Å². The Morgan fingerprint density at radius 3 is 2.58 bits per heavy atom. The molecule has 2 rings (SSSR count). The summed E-state index contributed by atoms with van der Waals surface area (Å²) in [6.45, 7) is 3.72. The second-order valence-corrected chi connectivity index (χ2v) is 5.45. The molecule has 2 aromatic rings. The molecule has 1 atom stereocenters. The van der Waals surface area contributed by atoms with Crippen LogP contribution in [0, 0.1) is 12.7 Å². The quantitative estimate of drug-likeness (QED) is 0.797. The van der Waals surface area contributed by atoms with Gasteiger partial charge in [0.05, 0.1) is 6.04 Å². The van der Waals surface area contributed by atoms with Crippen LogP contribution in [0.5, 0.6) is 5.75 Å². The summed E-state index contributed by atoms with van der Waals surface area (Å²) < 4.78 is 14.6. The first-order chi connectivity index (χ1) is 8.97. The van der Waals surface area contributed by atoms with Crippen molar-refractivity contribution in [2.24, 2.45) is 0 Å². The smallest absolute Gasteiger partial charge is 0.129 e. The number of aromatic hydroxyl groups is 1. The van der Waals surface area contributed by atoms with E-state index in [0.29, 0.717) is 5.56 Å². The second-order valence-electron chi connectivity index (χ2n) is 4.53. The number of phenols is 1. The van der Waals surface area contributed by atoms with Crippen LogP contribution in [-0.4, -0.2) is 5.11 Å². The van der Waals surface area contributed by atoms with Gasteiger partial charge in [0.15, 0.2) is 0 Å².